The van der Waals surface area contributed by atoms with Crippen LogP contribution in [0.25, 0.3) is 16.2 Å². The summed E-state index contributed by atoms with van der Waals surface area (Å²) in [5.41, 5.74) is 2.89. The van der Waals surface area contributed by atoms with Gasteiger partial charge in [0.05, 0.1) is 24.9 Å². The number of fused-ring (bicyclic) bond motifs is 1. The van der Waals surface area contributed by atoms with Crippen LogP contribution in [-0.2, 0) is 11.3 Å². The normalized spacial score (nSPS) is 16.2. The van der Waals surface area contributed by atoms with Gasteiger partial charge in [-0.3, -0.25) is 4.79 Å². The molecule has 1 N–H and O–H groups in total. The van der Waals surface area contributed by atoms with Crippen molar-refractivity contribution in [2.75, 3.05) is 25.1 Å². The maximum absolute atomic E-state index is 12.8. The van der Waals surface area contributed by atoms with E-state index in [2.05, 4.69) is 10.2 Å². The van der Waals surface area contributed by atoms with Crippen LogP contribution in [0.2, 0.25) is 5.02 Å². The number of hydrogen-bond acceptors (Lipinski definition) is 6. The molecule has 0 bridgehead atoms. The highest BCUT2D eigenvalue weighted by Gasteiger charge is 2.28. The summed E-state index contributed by atoms with van der Waals surface area (Å²) in [6.07, 6.45) is 3.77. The van der Waals surface area contributed by atoms with Gasteiger partial charge < -0.3 is 15.0 Å². The topological polar surface area (TPSA) is 71.8 Å². The number of anilines is 1. The molecule has 4 aromatic rings. The summed E-state index contributed by atoms with van der Waals surface area (Å²) in [6, 6.07) is 15.4. The fourth-order valence-electron chi connectivity index (χ4n) is 4.06. The molecule has 170 valence electrons. The standard InChI is InChI=1S/C24H24ClN5O2S/c1-32-20-9-7-17(8-10-20)21-15-30-23(27-21)33-24(28-30)29-11-3-5-18(14-29)22(31)26-13-16-4-2-6-19(25)12-16/h2,4,6-10,12,15,18H,3,5,11,13-14H2,1H3,(H,26,31)/t18-/m0/s1. The highest BCUT2D eigenvalue weighted by molar-refractivity contribution is 7.20. The van der Waals surface area contributed by atoms with Gasteiger partial charge in [-0.1, -0.05) is 35.1 Å². The highest BCUT2D eigenvalue weighted by Crippen LogP contribution is 2.30. The first-order valence-electron chi connectivity index (χ1n) is 10.9. The van der Waals surface area contributed by atoms with Crippen molar-refractivity contribution < 1.29 is 9.53 Å². The second-order valence-electron chi connectivity index (χ2n) is 8.10. The van der Waals surface area contributed by atoms with E-state index in [0.717, 1.165) is 52.0 Å². The number of halogens is 1. The Labute approximate surface area is 201 Å². The molecule has 9 heteroatoms. The van der Waals surface area contributed by atoms with E-state index in [0.29, 0.717) is 18.1 Å². The van der Waals surface area contributed by atoms with Gasteiger partial charge in [-0.25, -0.2) is 9.50 Å². The number of ether oxygens (including phenoxy) is 1. The zero-order valence-corrected chi connectivity index (χ0v) is 19.8. The van der Waals surface area contributed by atoms with Gasteiger partial charge in [0.1, 0.15) is 5.75 Å². The van der Waals surface area contributed by atoms with Crippen molar-refractivity contribution >= 4 is 38.9 Å². The molecule has 0 spiro atoms. The number of nitrogens with one attached hydrogen (secondary N) is 1. The number of hydrogen-bond donors (Lipinski definition) is 1. The van der Waals surface area contributed by atoms with Gasteiger partial charge in [0.2, 0.25) is 16.0 Å². The average Bonchev–Trinajstić information content (AvgIpc) is 3.42. The van der Waals surface area contributed by atoms with Crippen molar-refractivity contribution in [1.29, 1.82) is 0 Å². The van der Waals surface area contributed by atoms with E-state index in [9.17, 15) is 4.79 Å². The van der Waals surface area contributed by atoms with Gasteiger partial charge in [-0.15, -0.1) is 5.10 Å². The van der Waals surface area contributed by atoms with Crippen LogP contribution in [-0.4, -0.2) is 40.7 Å². The van der Waals surface area contributed by atoms with Crippen LogP contribution in [0.15, 0.2) is 54.7 Å². The van der Waals surface area contributed by atoms with Crippen molar-refractivity contribution in [1.82, 2.24) is 19.9 Å². The molecule has 33 heavy (non-hydrogen) atoms. The van der Waals surface area contributed by atoms with Gasteiger partial charge in [-0.2, -0.15) is 0 Å². The van der Waals surface area contributed by atoms with E-state index in [1.165, 1.54) is 0 Å². The van der Waals surface area contributed by atoms with E-state index >= 15 is 0 Å². The summed E-state index contributed by atoms with van der Waals surface area (Å²) < 4.78 is 7.05. The van der Waals surface area contributed by atoms with Crippen LogP contribution in [0.3, 0.4) is 0 Å². The first kappa shape index (κ1) is 21.7. The van der Waals surface area contributed by atoms with Crippen molar-refractivity contribution in [3.05, 3.63) is 65.3 Å². The van der Waals surface area contributed by atoms with Crippen LogP contribution < -0.4 is 15.0 Å². The number of nitrogens with zero attached hydrogens (tertiary/aromatic N) is 4. The lowest BCUT2D eigenvalue weighted by atomic mass is 9.97. The summed E-state index contributed by atoms with van der Waals surface area (Å²) >= 11 is 7.59. The molecule has 0 saturated carbocycles. The quantitative estimate of drug-likeness (QED) is 0.434. The minimum Gasteiger partial charge on any atom is -0.497 e. The maximum Gasteiger partial charge on any atom is 0.225 e. The van der Waals surface area contributed by atoms with Crippen molar-refractivity contribution in [2.45, 2.75) is 19.4 Å². The third-order valence-electron chi connectivity index (χ3n) is 5.84. The molecule has 1 saturated heterocycles. The summed E-state index contributed by atoms with van der Waals surface area (Å²) in [6.45, 7) is 2.03. The Hall–Kier alpha value is -3.10. The Balaban J connectivity index is 1.24. The zero-order chi connectivity index (χ0) is 22.8. The predicted molar refractivity (Wildman–Crippen MR) is 131 cm³/mol. The number of methoxy groups -OCH3 is 1. The van der Waals surface area contributed by atoms with Crippen molar-refractivity contribution in [2.24, 2.45) is 5.92 Å². The fourth-order valence-corrected chi connectivity index (χ4v) is 5.19. The van der Waals surface area contributed by atoms with E-state index in [4.69, 9.17) is 26.4 Å². The van der Waals surface area contributed by atoms with Gasteiger partial charge in [0, 0.05) is 30.2 Å². The molecular weight excluding hydrogens is 458 g/mol. The third-order valence-corrected chi connectivity index (χ3v) is 7.06. The summed E-state index contributed by atoms with van der Waals surface area (Å²) in [5, 5.41) is 9.37. The molecule has 0 radical (unpaired) electrons. The highest BCUT2D eigenvalue weighted by atomic mass is 35.5. The SMILES string of the molecule is COc1ccc(-c2cn3nc(N4CCC[C@H](C(=O)NCc5cccc(Cl)c5)C4)sc3n2)cc1. The van der Waals surface area contributed by atoms with Gasteiger partial charge in [0.25, 0.3) is 0 Å². The Kier molecular flexibility index (Phi) is 6.20. The summed E-state index contributed by atoms with van der Waals surface area (Å²) in [5.74, 6) is 0.822. The van der Waals surface area contributed by atoms with Crippen LogP contribution in [0, 0.1) is 5.92 Å². The Morgan fingerprint density at radius 2 is 2.12 bits per heavy atom. The summed E-state index contributed by atoms with van der Waals surface area (Å²) in [7, 11) is 1.65. The Morgan fingerprint density at radius 3 is 2.88 bits per heavy atom. The molecule has 2 aromatic carbocycles. The molecular formula is C24H24ClN5O2S. The van der Waals surface area contributed by atoms with Crippen LogP contribution in [0.4, 0.5) is 5.13 Å². The van der Waals surface area contributed by atoms with Crippen LogP contribution in [0.5, 0.6) is 5.75 Å². The van der Waals surface area contributed by atoms with E-state index in [1.807, 2.05) is 59.2 Å². The molecule has 0 unspecified atom stereocenters. The molecule has 5 rings (SSSR count). The number of benzene rings is 2. The molecule has 3 heterocycles. The largest absolute Gasteiger partial charge is 0.497 e. The molecule has 1 amide bonds. The lowest BCUT2D eigenvalue weighted by Gasteiger charge is -2.31. The average molecular weight is 482 g/mol. The number of amides is 1. The molecule has 1 aliphatic heterocycles. The molecule has 1 fully saturated rings. The smallest absolute Gasteiger partial charge is 0.225 e. The fraction of sp³-hybridized carbons (Fsp3) is 0.292. The number of carbonyl (C=O) groups excluding carboxylic acids is 1. The molecule has 1 aliphatic rings. The van der Waals surface area contributed by atoms with Gasteiger partial charge in [-0.05, 0) is 54.8 Å². The lowest BCUT2D eigenvalue weighted by Crippen LogP contribution is -2.43. The second kappa shape index (κ2) is 9.41. The number of imidazole rings is 1. The third kappa shape index (κ3) is 4.82. The Bertz CT molecular complexity index is 1240. The van der Waals surface area contributed by atoms with Crippen LogP contribution in [0.1, 0.15) is 18.4 Å². The minimum atomic E-state index is -0.0657. The second-order valence-corrected chi connectivity index (χ2v) is 9.47. The minimum absolute atomic E-state index is 0.0657. The first-order chi connectivity index (χ1) is 16.1. The maximum atomic E-state index is 12.8. The van der Waals surface area contributed by atoms with Crippen molar-refractivity contribution in [3.8, 4) is 17.0 Å². The van der Waals surface area contributed by atoms with E-state index in [-0.39, 0.29) is 11.8 Å². The van der Waals surface area contributed by atoms with E-state index in [1.54, 1.807) is 18.4 Å². The number of piperidine rings is 1. The van der Waals surface area contributed by atoms with E-state index < -0.39 is 0 Å². The number of aromatic nitrogens is 3. The van der Waals surface area contributed by atoms with Crippen LogP contribution >= 0.6 is 22.9 Å². The van der Waals surface area contributed by atoms with Crippen molar-refractivity contribution in [3.63, 3.8) is 0 Å². The molecule has 0 aliphatic carbocycles. The van der Waals surface area contributed by atoms with Gasteiger partial charge in [0.15, 0.2) is 0 Å². The zero-order valence-electron chi connectivity index (χ0n) is 18.2. The number of rotatable bonds is 6. The lowest BCUT2D eigenvalue weighted by molar-refractivity contribution is -0.125. The molecule has 1 atom stereocenters. The summed E-state index contributed by atoms with van der Waals surface area (Å²) in [4.78, 5) is 20.6. The predicted octanol–water partition coefficient (Wildman–Crippen LogP) is 4.65. The number of carbonyl (C=O) groups is 1. The Morgan fingerprint density at radius 1 is 1.27 bits per heavy atom. The first-order valence-corrected chi connectivity index (χ1v) is 12.1. The molecule has 2 aromatic heterocycles. The van der Waals surface area contributed by atoms with Gasteiger partial charge >= 0.3 is 0 Å². The monoisotopic (exact) mass is 481 g/mol. The molecule has 7 nitrogen and oxygen atoms in total.